The first-order valence-electron chi connectivity index (χ1n) is 6.80. The fourth-order valence-electron chi connectivity index (χ4n) is 2.35. The number of carbonyl (C=O) groups is 2. The molecule has 1 aliphatic rings. The molecule has 6 N–H and O–H groups in total. The largest absolute Gasteiger partial charge is 0.478 e. The third-order valence-electron chi connectivity index (χ3n) is 3.60. The van der Waals surface area contributed by atoms with Gasteiger partial charge in [-0.2, -0.15) is 0 Å². The molecule has 23 heavy (non-hydrogen) atoms. The first kappa shape index (κ1) is 17.3. The molecular formula is C14H17NO8. The Hall–Kier alpha value is -2.04. The number of ether oxygens (including phenoxy) is 1. The van der Waals surface area contributed by atoms with Crippen molar-refractivity contribution in [2.24, 2.45) is 0 Å². The summed E-state index contributed by atoms with van der Waals surface area (Å²) >= 11 is 0. The Morgan fingerprint density at radius 2 is 1.70 bits per heavy atom. The van der Waals surface area contributed by atoms with Crippen molar-refractivity contribution < 1.29 is 39.9 Å². The Labute approximate surface area is 130 Å². The average molecular weight is 327 g/mol. The van der Waals surface area contributed by atoms with Crippen molar-refractivity contribution in [1.82, 2.24) is 5.32 Å². The van der Waals surface area contributed by atoms with Gasteiger partial charge in [-0.05, 0) is 12.1 Å². The van der Waals surface area contributed by atoms with Gasteiger partial charge in [0, 0.05) is 0 Å². The number of hydrogen-bond donors (Lipinski definition) is 6. The van der Waals surface area contributed by atoms with Crippen LogP contribution in [0.15, 0.2) is 24.3 Å². The van der Waals surface area contributed by atoms with Crippen LogP contribution in [-0.4, -0.2) is 74.7 Å². The summed E-state index contributed by atoms with van der Waals surface area (Å²) in [5.41, 5.74) is -0.419. The molecule has 0 bridgehead atoms. The number of aromatic carboxylic acids is 1. The number of rotatable bonds is 4. The Morgan fingerprint density at radius 1 is 1.09 bits per heavy atom. The molecule has 0 aliphatic carbocycles. The van der Waals surface area contributed by atoms with Gasteiger partial charge in [-0.1, -0.05) is 12.1 Å². The van der Waals surface area contributed by atoms with Crippen molar-refractivity contribution in [3.8, 4) is 0 Å². The Bertz CT molecular complexity index is 592. The van der Waals surface area contributed by atoms with Crippen LogP contribution in [-0.2, 0) is 4.74 Å². The van der Waals surface area contributed by atoms with Crippen molar-refractivity contribution >= 4 is 11.9 Å². The topological polar surface area (TPSA) is 157 Å². The van der Waals surface area contributed by atoms with Crippen LogP contribution < -0.4 is 5.32 Å². The molecule has 1 aliphatic heterocycles. The Morgan fingerprint density at radius 3 is 2.26 bits per heavy atom. The van der Waals surface area contributed by atoms with Crippen molar-refractivity contribution in [2.45, 2.75) is 30.6 Å². The molecule has 126 valence electrons. The zero-order valence-electron chi connectivity index (χ0n) is 11.9. The summed E-state index contributed by atoms with van der Waals surface area (Å²) in [5, 5.41) is 49.8. The minimum absolute atomic E-state index is 0.168. The molecular weight excluding hydrogens is 310 g/mol. The lowest BCUT2D eigenvalue weighted by atomic mass is 9.96. The molecule has 2 rings (SSSR count). The molecule has 5 atom stereocenters. The average Bonchev–Trinajstić information content (AvgIpc) is 2.54. The second-order valence-electron chi connectivity index (χ2n) is 5.08. The SMILES string of the molecule is O=C(O)c1ccccc1C(=O)N[C@@H]1[C@@H](O)[C@H](O)[C@H](CO)O[C@@H]1O. The van der Waals surface area contributed by atoms with Crippen LogP contribution in [0.5, 0.6) is 0 Å². The maximum Gasteiger partial charge on any atom is 0.336 e. The van der Waals surface area contributed by atoms with Crippen LogP contribution in [0.1, 0.15) is 20.7 Å². The van der Waals surface area contributed by atoms with E-state index in [1.807, 2.05) is 0 Å². The standard InChI is InChI=1S/C14H17NO8/c16-5-8-10(17)11(18)9(14(22)23-8)15-12(19)6-3-1-2-4-7(6)13(20)21/h1-4,8-11,14,16-18,22H,5H2,(H,15,19)(H,20,21)/t8-,9+,10+,11+,14-/m0/s1. The van der Waals surface area contributed by atoms with E-state index in [1.54, 1.807) is 0 Å². The maximum absolute atomic E-state index is 12.2. The first-order chi connectivity index (χ1) is 10.9. The highest BCUT2D eigenvalue weighted by Crippen LogP contribution is 2.20. The number of carboxylic acid groups (broad SMARTS) is 1. The summed E-state index contributed by atoms with van der Waals surface area (Å²) in [7, 11) is 0. The number of amides is 1. The van der Waals surface area contributed by atoms with E-state index in [0.29, 0.717) is 0 Å². The van der Waals surface area contributed by atoms with Crippen LogP contribution >= 0.6 is 0 Å². The summed E-state index contributed by atoms with van der Waals surface area (Å²) < 4.78 is 4.91. The van der Waals surface area contributed by atoms with Crippen LogP contribution in [0.2, 0.25) is 0 Å². The van der Waals surface area contributed by atoms with E-state index in [9.17, 15) is 24.9 Å². The van der Waals surface area contributed by atoms with Crippen LogP contribution in [0.3, 0.4) is 0 Å². The van der Waals surface area contributed by atoms with E-state index in [2.05, 4.69) is 5.32 Å². The smallest absolute Gasteiger partial charge is 0.336 e. The molecule has 0 spiro atoms. The minimum atomic E-state index is -1.67. The van der Waals surface area contributed by atoms with E-state index in [1.165, 1.54) is 24.3 Å². The predicted molar refractivity (Wildman–Crippen MR) is 74.6 cm³/mol. The molecule has 1 saturated heterocycles. The number of hydrogen-bond acceptors (Lipinski definition) is 7. The zero-order chi connectivity index (χ0) is 17.1. The number of aliphatic hydroxyl groups is 4. The Balaban J connectivity index is 2.19. The molecule has 1 aromatic carbocycles. The quantitative estimate of drug-likeness (QED) is 0.368. The van der Waals surface area contributed by atoms with Gasteiger partial charge >= 0.3 is 5.97 Å². The van der Waals surface area contributed by atoms with Gasteiger partial charge in [0.25, 0.3) is 5.91 Å². The van der Waals surface area contributed by atoms with E-state index in [4.69, 9.17) is 14.9 Å². The summed E-state index contributed by atoms with van der Waals surface area (Å²) in [4.78, 5) is 23.3. The van der Waals surface area contributed by atoms with Crippen molar-refractivity contribution in [3.05, 3.63) is 35.4 Å². The minimum Gasteiger partial charge on any atom is -0.478 e. The van der Waals surface area contributed by atoms with Crippen LogP contribution in [0, 0.1) is 0 Å². The lowest BCUT2D eigenvalue weighted by Gasteiger charge is -2.40. The van der Waals surface area contributed by atoms with E-state index >= 15 is 0 Å². The van der Waals surface area contributed by atoms with Gasteiger partial charge in [0.15, 0.2) is 6.29 Å². The van der Waals surface area contributed by atoms with Gasteiger partial charge in [0.2, 0.25) is 0 Å². The normalized spacial score (nSPS) is 30.7. The fraction of sp³-hybridized carbons (Fsp3) is 0.429. The molecule has 0 radical (unpaired) electrons. The number of benzene rings is 1. The van der Waals surface area contributed by atoms with Gasteiger partial charge in [0.05, 0.1) is 17.7 Å². The number of carboxylic acids is 1. The molecule has 0 saturated carbocycles. The molecule has 1 heterocycles. The van der Waals surface area contributed by atoms with E-state index in [-0.39, 0.29) is 11.1 Å². The van der Waals surface area contributed by atoms with Crippen LogP contribution in [0.25, 0.3) is 0 Å². The summed E-state index contributed by atoms with van der Waals surface area (Å²) in [5.74, 6) is -2.17. The highest BCUT2D eigenvalue weighted by molar-refractivity contribution is 6.04. The number of nitrogens with one attached hydrogen (secondary N) is 1. The summed E-state index contributed by atoms with van der Waals surface area (Å²) in [6, 6.07) is 4.03. The molecule has 0 unspecified atom stereocenters. The molecule has 0 aromatic heterocycles. The second kappa shape index (κ2) is 7.02. The van der Waals surface area contributed by atoms with Crippen molar-refractivity contribution in [1.29, 1.82) is 0 Å². The van der Waals surface area contributed by atoms with Crippen LogP contribution in [0.4, 0.5) is 0 Å². The molecule has 1 aromatic rings. The van der Waals surface area contributed by atoms with Gasteiger partial charge in [0.1, 0.15) is 24.4 Å². The molecule has 9 nitrogen and oxygen atoms in total. The fourth-order valence-corrected chi connectivity index (χ4v) is 2.35. The third-order valence-corrected chi connectivity index (χ3v) is 3.60. The highest BCUT2D eigenvalue weighted by Gasteiger charge is 2.44. The lowest BCUT2D eigenvalue weighted by Crippen LogP contribution is -2.64. The first-order valence-corrected chi connectivity index (χ1v) is 6.80. The summed E-state index contributed by atoms with van der Waals surface area (Å²) in [6.07, 6.45) is -5.99. The Kier molecular flexibility index (Phi) is 5.29. The van der Waals surface area contributed by atoms with Gasteiger partial charge in [-0.15, -0.1) is 0 Å². The molecule has 1 fully saturated rings. The second-order valence-corrected chi connectivity index (χ2v) is 5.08. The third kappa shape index (κ3) is 3.49. The molecule has 9 heteroatoms. The molecule has 1 amide bonds. The number of aliphatic hydroxyl groups excluding tert-OH is 4. The predicted octanol–water partition coefficient (Wildman–Crippen LogP) is -2.09. The highest BCUT2D eigenvalue weighted by atomic mass is 16.6. The maximum atomic E-state index is 12.2. The zero-order valence-corrected chi connectivity index (χ0v) is 11.9. The van der Waals surface area contributed by atoms with Gasteiger partial charge in [-0.25, -0.2) is 4.79 Å². The number of carbonyl (C=O) groups excluding carboxylic acids is 1. The monoisotopic (exact) mass is 327 g/mol. The van der Waals surface area contributed by atoms with Gasteiger partial charge in [-0.3, -0.25) is 4.79 Å². The summed E-state index contributed by atoms with van der Waals surface area (Å²) in [6.45, 7) is -0.627. The van der Waals surface area contributed by atoms with E-state index in [0.717, 1.165) is 0 Å². The van der Waals surface area contributed by atoms with E-state index < -0.39 is 49.1 Å². The van der Waals surface area contributed by atoms with Crippen molar-refractivity contribution in [3.63, 3.8) is 0 Å². The lowest BCUT2D eigenvalue weighted by molar-refractivity contribution is -0.252. The van der Waals surface area contributed by atoms with Crippen molar-refractivity contribution in [2.75, 3.05) is 6.61 Å². The van der Waals surface area contributed by atoms with Gasteiger partial charge < -0.3 is 35.6 Å².